The van der Waals surface area contributed by atoms with Crippen LogP contribution in [0.4, 0.5) is 0 Å². The fourth-order valence-electron chi connectivity index (χ4n) is 1.63. The molecule has 1 heterocycles. The summed E-state index contributed by atoms with van der Waals surface area (Å²) in [5.74, 6) is -0.401. The zero-order valence-electron chi connectivity index (χ0n) is 10.8. The van der Waals surface area contributed by atoms with Gasteiger partial charge in [-0.05, 0) is 23.8 Å². The number of hydrogen-bond donors (Lipinski definition) is 1. The van der Waals surface area contributed by atoms with Crippen LogP contribution in [0, 0.1) is 11.3 Å². The molecular formula is C16H13N3O. The molecule has 0 bridgehead atoms. The van der Waals surface area contributed by atoms with E-state index in [0.29, 0.717) is 6.54 Å². The summed E-state index contributed by atoms with van der Waals surface area (Å²) >= 11 is 0. The van der Waals surface area contributed by atoms with Crippen molar-refractivity contribution in [3.8, 4) is 6.07 Å². The van der Waals surface area contributed by atoms with E-state index in [1.165, 1.54) is 0 Å². The Kier molecular flexibility index (Phi) is 4.63. The van der Waals surface area contributed by atoms with Crippen LogP contribution < -0.4 is 5.32 Å². The van der Waals surface area contributed by atoms with Crippen molar-refractivity contribution in [1.29, 1.82) is 5.26 Å². The van der Waals surface area contributed by atoms with Gasteiger partial charge in [0.05, 0.1) is 12.2 Å². The van der Waals surface area contributed by atoms with Crippen LogP contribution in [0.15, 0.2) is 60.3 Å². The van der Waals surface area contributed by atoms with E-state index in [9.17, 15) is 4.79 Å². The number of benzene rings is 1. The lowest BCUT2D eigenvalue weighted by atomic mass is 10.1. The third-order valence-electron chi connectivity index (χ3n) is 2.63. The van der Waals surface area contributed by atoms with Crippen molar-refractivity contribution < 1.29 is 4.79 Å². The Labute approximate surface area is 117 Å². The summed E-state index contributed by atoms with van der Waals surface area (Å²) in [4.78, 5) is 16.0. The highest BCUT2D eigenvalue weighted by Crippen LogP contribution is 2.06. The second-order valence-electron chi connectivity index (χ2n) is 4.08. The van der Waals surface area contributed by atoms with Crippen LogP contribution in [0.1, 0.15) is 11.3 Å². The highest BCUT2D eigenvalue weighted by molar-refractivity contribution is 6.01. The first kappa shape index (κ1) is 13.5. The SMILES string of the molecule is N#C/C(=C\c1ccccc1)C(=O)NCc1ccccn1. The molecule has 0 aliphatic carbocycles. The molecule has 0 saturated heterocycles. The van der Waals surface area contributed by atoms with Crippen LogP contribution in [0.5, 0.6) is 0 Å². The van der Waals surface area contributed by atoms with E-state index in [4.69, 9.17) is 5.26 Å². The van der Waals surface area contributed by atoms with Crippen LogP contribution >= 0.6 is 0 Å². The Morgan fingerprint density at radius 1 is 1.20 bits per heavy atom. The van der Waals surface area contributed by atoms with Crippen molar-refractivity contribution >= 4 is 12.0 Å². The lowest BCUT2D eigenvalue weighted by molar-refractivity contribution is -0.117. The van der Waals surface area contributed by atoms with E-state index in [0.717, 1.165) is 11.3 Å². The molecule has 98 valence electrons. The molecule has 0 aliphatic heterocycles. The molecule has 0 saturated carbocycles. The molecule has 1 aromatic heterocycles. The first-order valence-corrected chi connectivity index (χ1v) is 6.14. The van der Waals surface area contributed by atoms with Gasteiger partial charge < -0.3 is 5.32 Å². The molecule has 0 fully saturated rings. The minimum Gasteiger partial charge on any atom is -0.346 e. The van der Waals surface area contributed by atoms with Gasteiger partial charge >= 0.3 is 0 Å². The Morgan fingerprint density at radius 3 is 2.60 bits per heavy atom. The van der Waals surface area contributed by atoms with E-state index >= 15 is 0 Å². The average Bonchev–Trinajstić information content (AvgIpc) is 2.52. The maximum Gasteiger partial charge on any atom is 0.262 e. The number of nitriles is 1. The smallest absolute Gasteiger partial charge is 0.262 e. The normalized spacial score (nSPS) is 10.7. The van der Waals surface area contributed by atoms with E-state index in [1.54, 1.807) is 18.3 Å². The summed E-state index contributed by atoms with van der Waals surface area (Å²) in [5.41, 5.74) is 1.64. The van der Waals surface area contributed by atoms with Crippen molar-refractivity contribution in [2.75, 3.05) is 0 Å². The summed E-state index contributed by atoms with van der Waals surface area (Å²) in [6.45, 7) is 0.299. The second-order valence-corrected chi connectivity index (χ2v) is 4.08. The molecule has 2 aromatic rings. The van der Waals surface area contributed by atoms with E-state index in [-0.39, 0.29) is 5.57 Å². The van der Waals surface area contributed by atoms with Gasteiger partial charge in [0.1, 0.15) is 11.6 Å². The first-order valence-electron chi connectivity index (χ1n) is 6.14. The minimum absolute atomic E-state index is 0.0760. The van der Waals surface area contributed by atoms with Crippen LogP contribution in [0.2, 0.25) is 0 Å². The number of aromatic nitrogens is 1. The van der Waals surface area contributed by atoms with E-state index in [1.807, 2.05) is 48.5 Å². The zero-order valence-corrected chi connectivity index (χ0v) is 10.8. The molecule has 1 amide bonds. The number of rotatable bonds is 4. The molecule has 0 spiro atoms. The van der Waals surface area contributed by atoms with Crippen molar-refractivity contribution in [2.24, 2.45) is 0 Å². The first-order chi connectivity index (χ1) is 9.79. The summed E-state index contributed by atoms with van der Waals surface area (Å²) < 4.78 is 0. The fourth-order valence-corrected chi connectivity index (χ4v) is 1.63. The molecule has 2 rings (SSSR count). The molecule has 4 nitrogen and oxygen atoms in total. The van der Waals surface area contributed by atoms with E-state index in [2.05, 4.69) is 10.3 Å². The predicted octanol–water partition coefficient (Wildman–Crippen LogP) is 2.30. The van der Waals surface area contributed by atoms with Gasteiger partial charge in [-0.2, -0.15) is 5.26 Å². The topological polar surface area (TPSA) is 65.8 Å². The lowest BCUT2D eigenvalue weighted by Gasteiger charge is -2.03. The third-order valence-corrected chi connectivity index (χ3v) is 2.63. The largest absolute Gasteiger partial charge is 0.346 e. The van der Waals surface area contributed by atoms with Gasteiger partial charge in [-0.15, -0.1) is 0 Å². The maximum atomic E-state index is 11.9. The molecule has 1 aromatic carbocycles. The number of nitrogens with one attached hydrogen (secondary N) is 1. The van der Waals surface area contributed by atoms with Crippen LogP contribution in [-0.2, 0) is 11.3 Å². The van der Waals surface area contributed by atoms with E-state index < -0.39 is 5.91 Å². The highest BCUT2D eigenvalue weighted by Gasteiger charge is 2.08. The molecule has 0 atom stereocenters. The molecule has 0 radical (unpaired) electrons. The number of hydrogen-bond acceptors (Lipinski definition) is 3. The van der Waals surface area contributed by atoms with Gasteiger partial charge in [0.25, 0.3) is 5.91 Å². The summed E-state index contributed by atoms with van der Waals surface area (Å²) in [5, 5.41) is 11.7. The third kappa shape index (κ3) is 3.79. The van der Waals surface area contributed by atoms with Crippen molar-refractivity contribution in [3.05, 3.63) is 71.6 Å². The van der Waals surface area contributed by atoms with Gasteiger partial charge in [0, 0.05) is 6.20 Å². The summed E-state index contributed by atoms with van der Waals surface area (Å²) in [7, 11) is 0. The van der Waals surface area contributed by atoms with Crippen LogP contribution in [-0.4, -0.2) is 10.9 Å². The molecular weight excluding hydrogens is 250 g/mol. The van der Waals surface area contributed by atoms with Crippen LogP contribution in [0.25, 0.3) is 6.08 Å². The monoisotopic (exact) mass is 263 g/mol. The van der Waals surface area contributed by atoms with Crippen molar-refractivity contribution in [3.63, 3.8) is 0 Å². The Morgan fingerprint density at radius 2 is 1.95 bits per heavy atom. The summed E-state index contributed by atoms with van der Waals surface area (Å²) in [6, 6.07) is 16.6. The highest BCUT2D eigenvalue weighted by atomic mass is 16.1. The molecule has 4 heteroatoms. The molecule has 20 heavy (non-hydrogen) atoms. The zero-order chi connectivity index (χ0) is 14.2. The quantitative estimate of drug-likeness (QED) is 0.680. The average molecular weight is 263 g/mol. The number of carbonyl (C=O) groups excluding carboxylic acids is 1. The van der Waals surface area contributed by atoms with Gasteiger partial charge in [-0.1, -0.05) is 36.4 Å². The Balaban J connectivity index is 2.03. The van der Waals surface area contributed by atoms with Gasteiger partial charge in [-0.3, -0.25) is 9.78 Å². The van der Waals surface area contributed by atoms with Crippen molar-refractivity contribution in [2.45, 2.75) is 6.54 Å². The van der Waals surface area contributed by atoms with Crippen molar-refractivity contribution in [1.82, 2.24) is 10.3 Å². The number of amides is 1. The Bertz CT molecular complexity index is 642. The van der Waals surface area contributed by atoms with Gasteiger partial charge in [0.2, 0.25) is 0 Å². The standard InChI is InChI=1S/C16H13N3O/c17-11-14(10-13-6-2-1-3-7-13)16(20)19-12-15-8-4-5-9-18-15/h1-10H,12H2,(H,19,20)/b14-10+. The van der Waals surface area contributed by atoms with Crippen LogP contribution in [0.3, 0.4) is 0 Å². The lowest BCUT2D eigenvalue weighted by Crippen LogP contribution is -2.24. The number of pyridine rings is 1. The predicted molar refractivity (Wildman–Crippen MR) is 76.1 cm³/mol. The molecule has 0 unspecified atom stereocenters. The van der Waals surface area contributed by atoms with Gasteiger partial charge in [-0.25, -0.2) is 0 Å². The Hall–Kier alpha value is -2.93. The van der Waals surface area contributed by atoms with Gasteiger partial charge in [0.15, 0.2) is 0 Å². The minimum atomic E-state index is -0.401. The maximum absolute atomic E-state index is 11.9. The molecule has 0 aliphatic rings. The number of carbonyl (C=O) groups is 1. The summed E-state index contributed by atoms with van der Waals surface area (Å²) in [6.07, 6.45) is 3.22. The number of nitrogens with zero attached hydrogens (tertiary/aromatic N) is 2. The second kappa shape index (κ2) is 6.86. The fraction of sp³-hybridized carbons (Fsp3) is 0.0625. The molecule has 1 N–H and O–H groups in total.